The first-order valence-corrected chi connectivity index (χ1v) is 8.92. The fraction of sp³-hybridized carbons (Fsp3) is 0.632. The first kappa shape index (κ1) is 18.7. The van der Waals surface area contributed by atoms with Gasteiger partial charge in [0.05, 0.1) is 6.10 Å². The van der Waals surface area contributed by atoms with Crippen LogP contribution >= 0.6 is 0 Å². The zero-order valence-electron chi connectivity index (χ0n) is 15.0. The fourth-order valence-corrected chi connectivity index (χ4v) is 3.42. The van der Waals surface area contributed by atoms with Crippen molar-refractivity contribution in [3.8, 4) is 0 Å². The van der Waals surface area contributed by atoms with Crippen molar-refractivity contribution in [2.75, 3.05) is 14.1 Å². The van der Waals surface area contributed by atoms with E-state index in [0.29, 0.717) is 12.5 Å². The van der Waals surface area contributed by atoms with Crippen LogP contribution in [0.4, 0.5) is 4.79 Å². The van der Waals surface area contributed by atoms with E-state index >= 15 is 0 Å². The minimum Gasteiger partial charge on any atom is -0.388 e. The van der Waals surface area contributed by atoms with Crippen LogP contribution in [-0.4, -0.2) is 48.3 Å². The molecule has 1 fully saturated rings. The van der Waals surface area contributed by atoms with Gasteiger partial charge in [0.25, 0.3) is 0 Å². The van der Waals surface area contributed by atoms with Crippen LogP contribution in [0.25, 0.3) is 0 Å². The molecule has 1 aliphatic rings. The first-order valence-electron chi connectivity index (χ1n) is 8.92. The second-order valence-electron chi connectivity index (χ2n) is 7.16. The summed E-state index contributed by atoms with van der Waals surface area (Å²) in [4.78, 5) is 14.4. The minimum atomic E-state index is -0.561. The molecule has 0 bridgehead atoms. The Balaban J connectivity index is 1.75. The van der Waals surface area contributed by atoms with Crippen molar-refractivity contribution in [2.45, 2.75) is 63.3 Å². The third-order valence-electron chi connectivity index (χ3n) is 4.85. The van der Waals surface area contributed by atoms with Crippen LogP contribution in [0.3, 0.4) is 0 Å². The molecule has 4 atom stereocenters. The third kappa shape index (κ3) is 5.80. The molecule has 0 spiro atoms. The Bertz CT molecular complexity index is 507. The summed E-state index contributed by atoms with van der Waals surface area (Å²) in [7, 11) is 4.19. The Morgan fingerprint density at radius 3 is 2.67 bits per heavy atom. The molecule has 5 heteroatoms. The molecule has 24 heavy (non-hydrogen) atoms. The van der Waals surface area contributed by atoms with Gasteiger partial charge in [0, 0.05) is 18.1 Å². The van der Waals surface area contributed by atoms with Gasteiger partial charge in [0.1, 0.15) is 0 Å². The molecule has 0 radical (unpaired) electrons. The number of benzene rings is 1. The van der Waals surface area contributed by atoms with Crippen molar-refractivity contribution < 1.29 is 9.90 Å². The lowest BCUT2D eigenvalue weighted by molar-refractivity contribution is 0.153. The summed E-state index contributed by atoms with van der Waals surface area (Å²) in [5, 5.41) is 16.3. The molecule has 0 unspecified atom stereocenters. The molecule has 1 saturated carbocycles. The molecule has 1 aliphatic carbocycles. The highest BCUT2D eigenvalue weighted by Crippen LogP contribution is 2.22. The summed E-state index contributed by atoms with van der Waals surface area (Å²) in [6.07, 6.45) is 4.33. The molecular formula is C19H31N3O2. The number of urea groups is 1. The van der Waals surface area contributed by atoms with Gasteiger partial charge < -0.3 is 20.6 Å². The molecule has 2 rings (SSSR count). The second-order valence-corrected chi connectivity index (χ2v) is 7.16. The monoisotopic (exact) mass is 333 g/mol. The fourth-order valence-electron chi connectivity index (χ4n) is 3.42. The van der Waals surface area contributed by atoms with E-state index in [1.165, 1.54) is 6.42 Å². The number of aliphatic hydroxyl groups is 1. The maximum atomic E-state index is 12.2. The van der Waals surface area contributed by atoms with Gasteiger partial charge in [-0.2, -0.15) is 0 Å². The number of amides is 2. The molecule has 0 heterocycles. The van der Waals surface area contributed by atoms with Crippen molar-refractivity contribution >= 4 is 6.03 Å². The molecule has 1 aromatic carbocycles. The molecular weight excluding hydrogens is 302 g/mol. The SMILES string of the molecule is C[C@H](C[C@H](O)c1ccccc1)NC(=O)N[C@H]1CCC[C@@H](N(C)C)C1. The molecule has 0 aliphatic heterocycles. The number of carbonyl (C=O) groups is 1. The summed E-state index contributed by atoms with van der Waals surface area (Å²) in [6, 6.07) is 10.1. The van der Waals surface area contributed by atoms with Gasteiger partial charge in [-0.1, -0.05) is 30.3 Å². The average Bonchev–Trinajstić information content (AvgIpc) is 2.55. The van der Waals surface area contributed by atoms with Gasteiger partial charge in [-0.05, 0) is 58.7 Å². The summed E-state index contributed by atoms with van der Waals surface area (Å²) < 4.78 is 0. The predicted molar refractivity (Wildman–Crippen MR) is 96.9 cm³/mol. The third-order valence-corrected chi connectivity index (χ3v) is 4.85. The molecule has 5 nitrogen and oxygen atoms in total. The van der Waals surface area contributed by atoms with Crippen LogP contribution < -0.4 is 10.6 Å². The first-order chi connectivity index (χ1) is 11.5. The number of nitrogens with one attached hydrogen (secondary N) is 2. The van der Waals surface area contributed by atoms with Gasteiger partial charge >= 0.3 is 6.03 Å². The normalized spacial score (nSPS) is 23.5. The van der Waals surface area contributed by atoms with Crippen molar-refractivity contribution in [3.05, 3.63) is 35.9 Å². The van der Waals surface area contributed by atoms with E-state index in [1.54, 1.807) is 0 Å². The lowest BCUT2D eigenvalue weighted by Crippen LogP contribution is -2.49. The van der Waals surface area contributed by atoms with Crippen LogP contribution in [-0.2, 0) is 0 Å². The molecule has 2 amide bonds. The summed E-state index contributed by atoms with van der Waals surface area (Å²) in [5.74, 6) is 0. The average molecular weight is 333 g/mol. The van der Waals surface area contributed by atoms with Crippen LogP contribution in [0, 0.1) is 0 Å². The van der Waals surface area contributed by atoms with E-state index in [-0.39, 0.29) is 18.1 Å². The van der Waals surface area contributed by atoms with Crippen LogP contribution in [0.2, 0.25) is 0 Å². The maximum Gasteiger partial charge on any atom is 0.315 e. The quantitative estimate of drug-likeness (QED) is 0.750. The van der Waals surface area contributed by atoms with Crippen molar-refractivity contribution in [1.29, 1.82) is 0 Å². The van der Waals surface area contributed by atoms with Gasteiger partial charge in [0.2, 0.25) is 0 Å². The predicted octanol–water partition coefficient (Wildman–Crippen LogP) is 2.67. The molecule has 1 aromatic rings. The summed E-state index contributed by atoms with van der Waals surface area (Å²) in [6.45, 7) is 1.93. The van der Waals surface area contributed by atoms with E-state index in [1.807, 2.05) is 37.3 Å². The van der Waals surface area contributed by atoms with Crippen molar-refractivity contribution in [2.24, 2.45) is 0 Å². The number of nitrogens with zero attached hydrogens (tertiary/aromatic N) is 1. The molecule has 3 N–H and O–H groups in total. The van der Waals surface area contributed by atoms with E-state index in [2.05, 4.69) is 29.6 Å². The van der Waals surface area contributed by atoms with Crippen LogP contribution in [0.15, 0.2) is 30.3 Å². The van der Waals surface area contributed by atoms with Crippen LogP contribution in [0.1, 0.15) is 50.7 Å². The number of aliphatic hydroxyl groups excluding tert-OH is 1. The summed E-state index contributed by atoms with van der Waals surface area (Å²) >= 11 is 0. The Hall–Kier alpha value is -1.59. The highest BCUT2D eigenvalue weighted by Gasteiger charge is 2.25. The Labute approximate surface area is 145 Å². The van der Waals surface area contributed by atoms with E-state index in [9.17, 15) is 9.90 Å². The Morgan fingerprint density at radius 1 is 1.29 bits per heavy atom. The Kier molecular flexibility index (Phi) is 7.06. The lowest BCUT2D eigenvalue weighted by Gasteiger charge is -2.34. The zero-order valence-corrected chi connectivity index (χ0v) is 15.0. The minimum absolute atomic E-state index is 0.0894. The van der Waals surface area contributed by atoms with Gasteiger partial charge in [-0.25, -0.2) is 4.79 Å². The lowest BCUT2D eigenvalue weighted by atomic mass is 9.90. The van der Waals surface area contributed by atoms with E-state index < -0.39 is 6.10 Å². The topological polar surface area (TPSA) is 64.6 Å². The van der Waals surface area contributed by atoms with Gasteiger partial charge in [0.15, 0.2) is 0 Å². The van der Waals surface area contributed by atoms with E-state index in [0.717, 1.165) is 24.8 Å². The van der Waals surface area contributed by atoms with Gasteiger partial charge in [-0.15, -0.1) is 0 Å². The number of hydrogen-bond acceptors (Lipinski definition) is 3. The zero-order chi connectivity index (χ0) is 17.5. The number of hydrogen-bond donors (Lipinski definition) is 3. The Morgan fingerprint density at radius 2 is 2.00 bits per heavy atom. The highest BCUT2D eigenvalue weighted by molar-refractivity contribution is 5.74. The molecule has 0 aromatic heterocycles. The standard InChI is InChI=1S/C19H31N3O2/c1-14(12-18(23)15-8-5-4-6-9-15)20-19(24)21-16-10-7-11-17(13-16)22(2)3/h4-6,8-9,14,16-18,23H,7,10-13H2,1-3H3,(H2,20,21,24)/t14-,16+,17-,18+/m1/s1. The smallest absolute Gasteiger partial charge is 0.315 e. The van der Waals surface area contributed by atoms with E-state index in [4.69, 9.17) is 0 Å². The largest absolute Gasteiger partial charge is 0.388 e. The highest BCUT2D eigenvalue weighted by atomic mass is 16.3. The van der Waals surface area contributed by atoms with Crippen LogP contribution in [0.5, 0.6) is 0 Å². The van der Waals surface area contributed by atoms with Gasteiger partial charge in [-0.3, -0.25) is 0 Å². The van der Waals surface area contributed by atoms with Crippen molar-refractivity contribution in [1.82, 2.24) is 15.5 Å². The summed E-state index contributed by atoms with van der Waals surface area (Å²) in [5.41, 5.74) is 0.882. The molecule has 0 saturated heterocycles. The number of carbonyl (C=O) groups excluding carboxylic acids is 1. The van der Waals surface area contributed by atoms with Crippen molar-refractivity contribution in [3.63, 3.8) is 0 Å². The second kappa shape index (κ2) is 9.04. The number of rotatable bonds is 6. The molecule has 134 valence electrons. The maximum absolute atomic E-state index is 12.2.